The van der Waals surface area contributed by atoms with Crippen LogP contribution >= 0.6 is 11.8 Å². The predicted octanol–water partition coefficient (Wildman–Crippen LogP) is 4.97. The van der Waals surface area contributed by atoms with E-state index in [1.807, 2.05) is 19.1 Å². The van der Waals surface area contributed by atoms with Crippen molar-refractivity contribution in [2.24, 2.45) is 0 Å². The summed E-state index contributed by atoms with van der Waals surface area (Å²) >= 11 is 1.41. The monoisotopic (exact) mass is 539 g/mol. The second-order valence-electron chi connectivity index (χ2n) is 10.5. The molecule has 0 aromatic heterocycles. The SMILES string of the molecule is COC(=O)[C@@H]1CSCc2c(OCO[Si](C)(C)C(C)(C)C)ccc(C)c2C(=O)OCCCCCC(=O)N1. The molecule has 36 heavy (non-hydrogen) atoms. The molecule has 0 aliphatic carbocycles. The third-order valence-electron chi connectivity index (χ3n) is 6.76. The summed E-state index contributed by atoms with van der Waals surface area (Å²) in [5, 5.41) is 2.82. The lowest BCUT2D eigenvalue weighted by Gasteiger charge is -2.35. The molecular weight excluding hydrogens is 498 g/mol. The fourth-order valence-electron chi connectivity index (χ4n) is 3.42. The molecule has 1 amide bonds. The molecule has 8 nitrogen and oxygen atoms in total. The average molecular weight is 540 g/mol. The topological polar surface area (TPSA) is 100 Å². The van der Waals surface area contributed by atoms with Crippen LogP contribution in [-0.4, -0.2) is 58.5 Å². The third-order valence-corrected chi connectivity index (χ3v) is 12.3. The van der Waals surface area contributed by atoms with Gasteiger partial charge >= 0.3 is 11.9 Å². The second kappa shape index (κ2) is 13.5. The maximum absolute atomic E-state index is 13.1. The third kappa shape index (κ3) is 8.52. The summed E-state index contributed by atoms with van der Waals surface area (Å²) in [6.45, 7) is 13.0. The van der Waals surface area contributed by atoms with Crippen LogP contribution in [0.5, 0.6) is 5.75 Å². The number of fused-ring (bicyclic) bond motifs is 1. The second-order valence-corrected chi connectivity index (χ2v) is 16.3. The van der Waals surface area contributed by atoms with E-state index in [2.05, 4.69) is 39.2 Å². The van der Waals surface area contributed by atoms with Crippen molar-refractivity contribution in [3.8, 4) is 5.75 Å². The van der Waals surface area contributed by atoms with E-state index < -0.39 is 26.3 Å². The van der Waals surface area contributed by atoms with Crippen molar-refractivity contribution in [1.29, 1.82) is 0 Å². The summed E-state index contributed by atoms with van der Waals surface area (Å²) in [7, 11) is -0.721. The molecular formula is C26H41NO7SSi. The Labute approximate surface area is 220 Å². The largest absolute Gasteiger partial charge is 0.468 e. The number of aryl methyl sites for hydroxylation is 1. The van der Waals surface area contributed by atoms with Gasteiger partial charge in [-0.1, -0.05) is 26.8 Å². The lowest BCUT2D eigenvalue weighted by molar-refractivity contribution is -0.144. The van der Waals surface area contributed by atoms with Gasteiger partial charge in [-0.2, -0.15) is 11.8 Å². The van der Waals surface area contributed by atoms with E-state index in [0.717, 1.165) is 12.0 Å². The molecule has 1 aliphatic rings. The van der Waals surface area contributed by atoms with Crippen molar-refractivity contribution in [3.63, 3.8) is 0 Å². The highest BCUT2D eigenvalue weighted by atomic mass is 32.2. The Morgan fingerprint density at radius 3 is 2.58 bits per heavy atom. The van der Waals surface area contributed by atoms with Gasteiger partial charge in [0.25, 0.3) is 0 Å². The first kappa shape index (κ1) is 30.2. The van der Waals surface area contributed by atoms with Gasteiger partial charge in [-0.15, -0.1) is 0 Å². The number of benzene rings is 1. The number of rotatable bonds is 5. The summed E-state index contributed by atoms with van der Waals surface area (Å²) in [6.07, 6.45) is 2.33. The Morgan fingerprint density at radius 1 is 1.19 bits per heavy atom. The lowest BCUT2D eigenvalue weighted by Crippen LogP contribution is -2.43. The predicted molar refractivity (Wildman–Crippen MR) is 144 cm³/mol. The van der Waals surface area contributed by atoms with E-state index in [-0.39, 0.29) is 24.3 Å². The first-order valence-corrected chi connectivity index (χ1v) is 16.4. The molecule has 1 atom stereocenters. The van der Waals surface area contributed by atoms with Crippen LogP contribution in [-0.2, 0) is 29.2 Å². The number of nitrogens with one attached hydrogen (secondary N) is 1. The van der Waals surface area contributed by atoms with Gasteiger partial charge in [-0.25, -0.2) is 9.59 Å². The van der Waals surface area contributed by atoms with E-state index in [9.17, 15) is 14.4 Å². The van der Waals surface area contributed by atoms with E-state index in [1.165, 1.54) is 18.9 Å². The van der Waals surface area contributed by atoms with Crippen LogP contribution in [0.4, 0.5) is 0 Å². The van der Waals surface area contributed by atoms with Crippen molar-refractivity contribution in [3.05, 3.63) is 28.8 Å². The maximum atomic E-state index is 13.1. The Kier molecular flexibility index (Phi) is 11.3. The quantitative estimate of drug-likeness (QED) is 0.318. The molecule has 1 heterocycles. The smallest absolute Gasteiger partial charge is 0.338 e. The summed E-state index contributed by atoms with van der Waals surface area (Å²) in [5.74, 6) is 0.129. The molecule has 0 fully saturated rings. The number of ether oxygens (including phenoxy) is 3. The highest BCUT2D eigenvalue weighted by molar-refractivity contribution is 7.98. The zero-order valence-electron chi connectivity index (χ0n) is 22.7. The van der Waals surface area contributed by atoms with Gasteiger partial charge < -0.3 is 24.0 Å². The number of methoxy groups -OCH3 is 1. The molecule has 1 aromatic carbocycles. The summed E-state index contributed by atoms with van der Waals surface area (Å²) in [6, 6.07) is 2.91. The van der Waals surface area contributed by atoms with Gasteiger partial charge in [0.05, 0.1) is 19.3 Å². The molecule has 0 bridgehead atoms. The zero-order valence-corrected chi connectivity index (χ0v) is 24.5. The molecule has 0 radical (unpaired) electrons. The van der Waals surface area contributed by atoms with Crippen molar-refractivity contribution < 1.29 is 33.0 Å². The van der Waals surface area contributed by atoms with Crippen molar-refractivity contribution in [2.75, 3.05) is 26.3 Å². The van der Waals surface area contributed by atoms with Crippen LogP contribution < -0.4 is 10.1 Å². The number of esters is 2. The summed E-state index contributed by atoms with van der Waals surface area (Å²) in [4.78, 5) is 37.7. The normalized spacial score (nSPS) is 18.7. The highest BCUT2D eigenvalue weighted by Gasteiger charge is 2.37. The molecule has 0 saturated carbocycles. The van der Waals surface area contributed by atoms with E-state index >= 15 is 0 Å². The van der Waals surface area contributed by atoms with E-state index in [0.29, 0.717) is 47.6 Å². The minimum absolute atomic E-state index is 0.0360. The van der Waals surface area contributed by atoms with E-state index in [4.69, 9.17) is 18.6 Å². The van der Waals surface area contributed by atoms with Gasteiger partial charge in [0.15, 0.2) is 15.1 Å². The van der Waals surface area contributed by atoms with Crippen LogP contribution in [0.1, 0.15) is 67.9 Å². The van der Waals surface area contributed by atoms with Crippen LogP contribution in [0.3, 0.4) is 0 Å². The molecule has 2 rings (SSSR count). The fourth-order valence-corrected chi connectivity index (χ4v) is 5.27. The van der Waals surface area contributed by atoms with Gasteiger partial charge in [0.1, 0.15) is 11.8 Å². The fraction of sp³-hybridized carbons (Fsp3) is 0.654. The number of amides is 1. The summed E-state index contributed by atoms with van der Waals surface area (Å²) < 4.78 is 22.7. The molecule has 1 aromatic rings. The molecule has 202 valence electrons. The molecule has 1 aliphatic heterocycles. The van der Waals surface area contributed by atoms with Crippen LogP contribution in [0, 0.1) is 6.92 Å². The Hall–Kier alpha value is -2.04. The van der Waals surface area contributed by atoms with Gasteiger partial charge in [-0.05, 0) is 55.9 Å². The van der Waals surface area contributed by atoms with Crippen LogP contribution in [0.25, 0.3) is 0 Å². The minimum atomic E-state index is -2.02. The lowest BCUT2D eigenvalue weighted by atomic mass is 10.0. The molecule has 0 saturated heterocycles. The first-order chi connectivity index (χ1) is 16.9. The van der Waals surface area contributed by atoms with Gasteiger partial charge in [0, 0.05) is 23.5 Å². The minimum Gasteiger partial charge on any atom is -0.468 e. The number of cyclic esters (lactones) is 1. The van der Waals surface area contributed by atoms with Crippen molar-refractivity contribution in [1.82, 2.24) is 5.32 Å². The molecule has 0 unspecified atom stereocenters. The van der Waals surface area contributed by atoms with Crippen LogP contribution in [0.15, 0.2) is 12.1 Å². The maximum Gasteiger partial charge on any atom is 0.338 e. The Balaban J connectivity index is 2.32. The number of carbonyl (C=O) groups is 3. The van der Waals surface area contributed by atoms with Crippen LogP contribution in [0.2, 0.25) is 18.1 Å². The molecule has 1 N–H and O–H groups in total. The average Bonchev–Trinajstić information content (AvgIpc) is 2.80. The number of carbonyl (C=O) groups excluding carboxylic acids is 3. The van der Waals surface area contributed by atoms with Gasteiger partial charge in [-0.3, -0.25) is 4.79 Å². The van der Waals surface area contributed by atoms with Crippen molar-refractivity contribution in [2.45, 2.75) is 83.3 Å². The first-order valence-electron chi connectivity index (χ1n) is 12.4. The number of hydrogen-bond acceptors (Lipinski definition) is 8. The standard InChI is InChI=1S/C26H41NO7SSi/c1-18-12-13-21(33-17-34-36(6,7)26(2,3)4)19-15-35-16-20(24(29)31-5)27-22(28)11-9-8-10-14-32-25(30)23(18)19/h12-13,20H,8-11,14-17H2,1-7H3,(H,27,28)/t20-/m0/s1. The van der Waals surface area contributed by atoms with Gasteiger partial charge in [0.2, 0.25) is 5.91 Å². The molecule has 10 heteroatoms. The number of hydrogen-bond donors (Lipinski definition) is 1. The number of thioether (sulfide) groups is 1. The Bertz CT molecular complexity index is 930. The highest BCUT2D eigenvalue weighted by Crippen LogP contribution is 2.37. The van der Waals surface area contributed by atoms with Crippen molar-refractivity contribution >= 4 is 37.9 Å². The van der Waals surface area contributed by atoms with E-state index in [1.54, 1.807) is 0 Å². The zero-order chi connectivity index (χ0) is 26.9. The summed E-state index contributed by atoms with van der Waals surface area (Å²) in [5.41, 5.74) is 1.95. The Morgan fingerprint density at radius 2 is 1.92 bits per heavy atom. The molecule has 0 spiro atoms.